The van der Waals surface area contributed by atoms with Crippen LogP contribution >= 0.6 is 0 Å². The molecule has 4 rings (SSSR count). The Balaban J connectivity index is 1.50. The van der Waals surface area contributed by atoms with E-state index in [1.54, 1.807) is 20.8 Å². The van der Waals surface area contributed by atoms with Gasteiger partial charge in [-0.05, 0) is 69.5 Å². The van der Waals surface area contributed by atoms with Gasteiger partial charge in [0.2, 0.25) is 17.7 Å². The largest absolute Gasteiger partial charge is 0.488 e. The molecule has 0 bridgehead atoms. The van der Waals surface area contributed by atoms with E-state index in [-0.39, 0.29) is 35.3 Å². The number of hydrogen-bond donors (Lipinski definition) is 2. The number of aromatic nitrogens is 2. The molecule has 2 aromatic carbocycles. The van der Waals surface area contributed by atoms with Crippen LogP contribution in [0.15, 0.2) is 52.0 Å². The molecule has 1 fully saturated rings. The Kier molecular flexibility index (Phi) is 9.82. The van der Waals surface area contributed by atoms with Gasteiger partial charge in [0.25, 0.3) is 0 Å². The molecule has 1 aromatic heterocycles. The molecule has 17 heteroatoms. The number of nitrogens with zero attached hydrogens (tertiary/aromatic N) is 4. The fraction of sp³-hybridized carbons (Fsp3) is 0.414. The van der Waals surface area contributed by atoms with Crippen molar-refractivity contribution in [1.29, 1.82) is 0 Å². The number of aliphatic imine (C=N–C) groups is 1. The number of likely N-dealkylation sites (tertiary alicyclic amines) is 1. The predicted molar refractivity (Wildman–Crippen MR) is 149 cm³/mol. The maximum Gasteiger partial charge on any atom is 0.434 e. The number of nitrogens with one attached hydrogen (secondary N) is 1. The third kappa shape index (κ3) is 9.10. The van der Waals surface area contributed by atoms with Gasteiger partial charge in [0, 0.05) is 18.7 Å². The minimum atomic E-state index is -4.86. The second-order valence-electron chi connectivity index (χ2n) is 11.3. The Labute approximate surface area is 258 Å². The van der Waals surface area contributed by atoms with Crippen molar-refractivity contribution in [3.8, 4) is 17.1 Å². The Bertz CT molecular complexity index is 1580. The highest BCUT2D eigenvalue weighted by molar-refractivity contribution is 5.98. The number of alkyl carbamates (subject to hydrolysis) is 1. The SMILES string of the molecule is CC(C)(C)OC(=O)N/C(=N\C(=O)O)N1CCC[C@@H](c2nc(-c3ccc(OCc4ccc(C(F)(F)F)cc4)c(C(F)(F)F)c3)no2)C1. The van der Waals surface area contributed by atoms with E-state index >= 15 is 0 Å². The van der Waals surface area contributed by atoms with Crippen LogP contribution in [0.25, 0.3) is 11.4 Å². The third-order valence-corrected chi connectivity index (χ3v) is 6.54. The zero-order valence-electron chi connectivity index (χ0n) is 24.7. The molecule has 0 radical (unpaired) electrons. The van der Waals surface area contributed by atoms with Crippen LogP contribution in [0.5, 0.6) is 5.75 Å². The lowest BCUT2D eigenvalue weighted by Crippen LogP contribution is -2.49. The first-order valence-corrected chi connectivity index (χ1v) is 13.8. The zero-order valence-corrected chi connectivity index (χ0v) is 24.7. The molecule has 0 spiro atoms. The molecule has 2 N–H and O–H groups in total. The van der Waals surface area contributed by atoms with Crippen molar-refractivity contribution < 1.29 is 55.0 Å². The fourth-order valence-corrected chi connectivity index (χ4v) is 4.52. The van der Waals surface area contributed by atoms with Crippen molar-refractivity contribution in [2.45, 2.75) is 64.1 Å². The van der Waals surface area contributed by atoms with E-state index in [0.29, 0.717) is 19.4 Å². The summed E-state index contributed by atoms with van der Waals surface area (Å²) in [7, 11) is 0. The lowest BCUT2D eigenvalue weighted by Gasteiger charge is -2.33. The summed E-state index contributed by atoms with van der Waals surface area (Å²) in [6.45, 7) is 4.89. The van der Waals surface area contributed by atoms with Gasteiger partial charge in [-0.2, -0.15) is 31.3 Å². The van der Waals surface area contributed by atoms with Crippen molar-refractivity contribution in [3.05, 3.63) is 65.0 Å². The van der Waals surface area contributed by atoms with Crippen LogP contribution in [0.3, 0.4) is 0 Å². The Hall–Kier alpha value is -4.83. The van der Waals surface area contributed by atoms with Crippen LogP contribution in [-0.4, -0.2) is 57.0 Å². The summed E-state index contributed by atoms with van der Waals surface area (Å²) in [6, 6.07) is 6.95. The fourth-order valence-electron chi connectivity index (χ4n) is 4.52. The second kappa shape index (κ2) is 13.3. The summed E-state index contributed by atoms with van der Waals surface area (Å²) in [5.41, 5.74) is -2.73. The monoisotopic (exact) mass is 657 g/mol. The minimum absolute atomic E-state index is 0.0448. The van der Waals surface area contributed by atoms with E-state index in [9.17, 15) is 41.0 Å². The second-order valence-corrected chi connectivity index (χ2v) is 11.3. The van der Waals surface area contributed by atoms with Crippen molar-refractivity contribution in [3.63, 3.8) is 0 Å². The summed E-state index contributed by atoms with van der Waals surface area (Å²) >= 11 is 0. The molecule has 1 atom stereocenters. The molecular formula is C29H29F6N5O6. The molecule has 2 amide bonds. The Morgan fingerprint density at radius 1 is 1.07 bits per heavy atom. The van der Waals surface area contributed by atoms with Gasteiger partial charge in [0.1, 0.15) is 18.0 Å². The first kappa shape index (κ1) is 34.1. The molecule has 3 aromatic rings. The smallest absolute Gasteiger partial charge is 0.434 e. The Morgan fingerprint density at radius 3 is 2.37 bits per heavy atom. The molecule has 46 heavy (non-hydrogen) atoms. The number of amides is 2. The first-order chi connectivity index (χ1) is 21.4. The molecule has 0 saturated carbocycles. The van der Waals surface area contributed by atoms with E-state index < -0.39 is 59.5 Å². The van der Waals surface area contributed by atoms with E-state index in [4.69, 9.17) is 14.0 Å². The lowest BCUT2D eigenvalue weighted by molar-refractivity contribution is -0.139. The van der Waals surface area contributed by atoms with Crippen molar-refractivity contribution in [2.75, 3.05) is 13.1 Å². The van der Waals surface area contributed by atoms with Crippen LogP contribution < -0.4 is 10.1 Å². The molecule has 1 aliphatic heterocycles. The van der Waals surface area contributed by atoms with E-state index in [1.807, 2.05) is 0 Å². The number of guanidine groups is 1. The van der Waals surface area contributed by atoms with Crippen molar-refractivity contribution >= 4 is 18.1 Å². The highest BCUT2D eigenvalue weighted by Crippen LogP contribution is 2.39. The lowest BCUT2D eigenvalue weighted by atomic mass is 9.98. The topological polar surface area (TPSA) is 139 Å². The quantitative estimate of drug-likeness (QED) is 0.167. The summed E-state index contributed by atoms with van der Waals surface area (Å²) in [6.07, 6.45) is -10.9. The maximum absolute atomic E-state index is 14.0. The van der Waals surface area contributed by atoms with Gasteiger partial charge < -0.3 is 24.0 Å². The standard InChI is InChI=1S/C29H29F6N5O6/c1-27(2,3)45-26(43)38-24(37-25(41)42)40-12-4-5-18(14-40)23-36-22(39-46-23)17-8-11-21(20(13-17)29(33,34)35)44-15-16-6-9-19(10-7-16)28(30,31)32/h6-11,13,18H,4-5,12,14-15H2,1-3H3,(H,41,42)(H,37,38,43)/t18-/m1/s1. The van der Waals surface area contributed by atoms with E-state index in [0.717, 1.165) is 36.4 Å². The molecule has 1 saturated heterocycles. The third-order valence-electron chi connectivity index (χ3n) is 6.54. The number of carbonyl (C=O) groups is 2. The van der Waals surface area contributed by atoms with Gasteiger partial charge in [-0.25, -0.2) is 9.59 Å². The number of halogens is 6. The molecule has 1 aliphatic rings. The zero-order chi connectivity index (χ0) is 33.9. The maximum atomic E-state index is 14.0. The number of rotatable bonds is 5. The summed E-state index contributed by atoms with van der Waals surface area (Å²) in [5, 5.41) is 15.4. The highest BCUT2D eigenvalue weighted by Gasteiger charge is 2.36. The van der Waals surface area contributed by atoms with E-state index in [1.165, 1.54) is 11.0 Å². The summed E-state index contributed by atoms with van der Waals surface area (Å²) in [4.78, 5) is 32.8. The molecule has 11 nitrogen and oxygen atoms in total. The molecule has 2 heterocycles. The predicted octanol–water partition coefficient (Wildman–Crippen LogP) is 7.09. The summed E-state index contributed by atoms with van der Waals surface area (Å²) < 4.78 is 96.2. The number of piperidine rings is 1. The number of carbonyl (C=O) groups excluding carboxylic acids is 1. The number of carboxylic acid groups (broad SMARTS) is 1. The van der Waals surface area contributed by atoms with Gasteiger partial charge in [0.05, 0.1) is 17.0 Å². The average molecular weight is 658 g/mol. The van der Waals surface area contributed by atoms with Crippen molar-refractivity contribution in [2.24, 2.45) is 4.99 Å². The van der Waals surface area contributed by atoms with Gasteiger partial charge in [-0.3, -0.25) is 5.32 Å². The van der Waals surface area contributed by atoms with Crippen LogP contribution in [-0.2, 0) is 23.7 Å². The first-order valence-electron chi connectivity index (χ1n) is 13.8. The van der Waals surface area contributed by atoms with Crippen LogP contribution in [0, 0.1) is 0 Å². The average Bonchev–Trinajstić information content (AvgIpc) is 3.44. The van der Waals surface area contributed by atoms with Gasteiger partial charge >= 0.3 is 24.5 Å². The summed E-state index contributed by atoms with van der Waals surface area (Å²) in [5.74, 6) is -1.39. The van der Waals surface area contributed by atoms with Gasteiger partial charge in [0.15, 0.2) is 0 Å². The number of benzene rings is 2. The molecule has 248 valence electrons. The highest BCUT2D eigenvalue weighted by atomic mass is 19.4. The molecular weight excluding hydrogens is 628 g/mol. The van der Waals surface area contributed by atoms with Gasteiger partial charge in [-0.15, -0.1) is 4.99 Å². The van der Waals surface area contributed by atoms with Crippen LogP contribution in [0.2, 0.25) is 0 Å². The van der Waals surface area contributed by atoms with Gasteiger partial charge in [-0.1, -0.05) is 17.3 Å². The molecule has 0 aliphatic carbocycles. The van der Waals surface area contributed by atoms with Crippen LogP contribution in [0.1, 0.15) is 62.1 Å². The van der Waals surface area contributed by atoms with Crippen LogP contribution in [0.4, 0.5) is 35.9 Å². The normalized spacial score (nSPS) is 16.2. The Morgan fingerprint density at radius 2 is 1.76 bits per heavy atom. The number of hydrogen-bond acceptors (Lipinski definition) is 7. The minimum Gasteiger partial charge on any atom is -0.488 e. The van der Waals surface area contributed by atoms with E-state index in [2.05, 4.69) is 20.4 Å². The molecule has 0 unspecified atom stereocenters. The number of alkyl halides is 6. The van der Waals surface area contributed by atoms with Crippen molar-refractivity contribution in [1.82, 2.24) is 20.4 Å². The number of ether oxygens (including phenoxy) is 2.